The maximum Gasteiger partial charge on any atom is 0.261 e. The summed E-state index contributed by atoms with van der Waals surface area (Å²) in [5.41, 5.74) is 11.2. The van der Waals surface area contributed by atoms with Gasteiger partial charge in [0.2, 0.25) is 11.8 Å². The lowest BCUT2D eigenvalue weighted by molar-refractivity contribution is -0.129. The average molecular weight is 466 g/mol. The van der Waals surface area contributed by atoms with E-state index in [4.69, 9.17) is 15.9 Å². The van der Waals surface area contributed by atoms with Crippen molar-refractivity contribution in [3.8, 4) is 0 Å². The number of halogens is 1. The van der Waals surface area contributed by atoms with Gasteiger partial charge in [-0.2, -0.15) is 0 Å². The minimum Gasteiger partial charge on any atom is -0.405 e. The van der Waals surface area contributed by atoms with Crippen molar-refractivity contribution in [2.75, 3.05) is 13.2 Å². The number of carbonyl (C=O) groups excluding carboxylic acids is 2. The molecule has 6 N–H and O–H groups in total. The molecule has 0 saturated heterocycles. The zero-order valence-electron chi connectivity index (χ0n) is 18.1. The Bertz CT molecular complexity index is 807. The maximum absolute atomic E-state index is 12.4. The van der Waals surface area contributed by atoms with Crippen LogP contribution in [0, 0.1) is 0 Å². The summed E-state index contributed by atoms with van der Waals surface area (Å²) in [7, 11) is -2.83. The molecule has 0 saturated carbocycles. The van der Waals surface area contributed by atoms with Gasteiger partial charge in [-0.15, -0.1) is 12.4 Å². The molecule has 2 atom stereocenters. The largest absolute Gasteiger partial charge is 0.405 e. The second-order valence-electron chi connectivity index (χ2n) is 8.23. The van der Waals surface area contributed by atoms with E-state index in [2.05, 4.69) is 26.1 Å². The van der Waals surface area contributed by atoms with Gasteiger partial charge in [-0.05, 0) is 15.4 Å². The lowest BCUT2D eigenvalue weighted by Crippen LogP contribution is -2.67. The number of amides is 2. The van der Waals surface area contributed by atoms with Gasteiger partial charge in [0.15, 0.2) is 0 Å². The molecule has 9 heteroatoms. The summed E-state index contributed by atoms with van der Waals surface area (Å²) in [5.74, 6) is -1.43. The topological polar surface area (TPSA) is 128 Å². The van der Waals surface area contributed by atoms with Gasteiger partial charge < -0.3 is 26.3 Å². The summed E-state index contributed by atoms with van der Waals surface area (Å²) in [4.78, 5) is 23.7. The maximum atomic E-state index is 12.4. The van der Waals surface area contributed by atoms with Crippen LogP contribution in [0.5, 0.6) is 0 Å². The molecule has 7 nitrogen and oxygen atoms in total. The fourth-order valence-corrected chi connectivity index (χ4v) is 8.12. The Morgan fingerprint density at radius 3 is 1.84 bits per heavy atom. The first kappa shape index (κ1) is 26.8. The van der Waals surface area contributed by atoms with Gasteiger partial charge in [0.25, 0.3) is 8.32 Å². The van der Waals surface area contributed by atoms with Crippen LogP contribution >= 0.6 is 12.4 Å². The number of rotatable bonds is 9. The third kappa shape index (κ3) is 6.15. The number of hydrogen-bond donors (Lipinski definition) is 4. The molecule has 2 unspecified atom stereocenters. The predicted molar refractivity (Wildman–Crippen MR) is 127 cm³/mol. The van der Waals surface area contributed by atoms with Crippen molar-refractivity contribution in [3.05, 3.63) is 60.7 Å². The van der Waals surface area contributed by atoms with Gasteiger partial charge in [0, 0.05) is 0 Å². The molecule has 0 fully saturated rings. The highest BCUT2D eigenvalue weighted by Gasteiger charge is 2.50. The fraction of sp³-hybridized carbons (Fsp3) is 0.364. The first-order chi connectivity index (χ1) is 14.1. The summed E-state index contributed by atoms with van der Waals surface area (Å²) in [6.45, 7) is 5.73. The summed E-state index contributed by atoms with van der Waals surface area (Å²) in [6.07, 6.45) is 0. The van der Waals surface area contributed by atoms with Gasteiger partial charge in [-0.25, -0.2) is 0 Å². The molecule has 170 valence electrons. The smallest absolute Gasteiger partial charge is 0.261 e. The zero-order chi connectivity index (χ0) is 22.4. The Morgan fingerprint density at radius 1 is 1.03 bits per heavy atom. The van der Waals surface area contributed by atoms with Crippen LogP contribution in [0.15, 0.2) is 60.7 Å². The fourth-order valence-electron chi connectivity index (χ4n) is 3.54. The van der Waals surface area contributed by atoms with Crippen LogP contribution in [0.1, 0.15) is 20.8 Å². The quantitative estimate of drug-likeness (QED) is 0.395. The number of benzene rings is 2. The Labute approximate surface area is 190 Å². The molecule has 2 amide bonds. The van der Waals surface area contributed by atoms with E-state index in [-0.39, 0.29) is 24.1 Å². The van der Waals surface area contributed by atoms with Crippen molar-refractivity contribution in [1.82, 2.24) is 5.32 Å². The van der Waals surface area contributed by atoms with Crippen LogP contribution < -0.4 is 27.2 Å². The van der Waals surface area contributed by atoms with E-state index in [1.807, 2.05) is 60.7 Å². The number of aliphatic hydroxyl groups is 1. The number of hydrogen-bond acceptors (Lipinski definition) is 5. The molecule has 0 heterocycles. The van der Waals surface area contributed by atoms with Crippen molar-refractivity contribution in [3.63, 3.8) is 0 Å². The van der Waals surface area contributed by atoms with Crippen LogP contribution in [-0.4, -0.2) is 50.5 Å². The Balaban J connectivity index is 0.00000480. The van der Waals surface area contributed by atoms with Crippen LogP contribution in [0.3, 0.4) is 0 Å². The molecule has 0 aliphatic rings. The number of nitrogens with one attached hydrogen (secondary N) is 1. The van der Waals surface area contributed by atoms with Gasteiger partial charge in [-0.3, -0.25) is 9.59 Å². The Morgan fingerprint density at radius 2 is 1.48 bits per heavy atom. The summed E-state index contributed by atoms with van der Waals surface area (Å²) in [5, 5.41) is 13.5. The number of carbonyl (C=O) groups is 2. The molecule has 0 radical (unpaired) electrons. The second kappa shape index (κ2) is 11.4. The minimum atomic E-state index is -2.83. The van der Waals surface area contributed by atoms with E-state index in [0.29, 0.717) is 0 Å². The molecule has 0 aliphatic heterocycles. The van der Waals surface area contributed by atoms with Crippen molar-refractivity contribution in [2.45, 2.75) is 37.9 Å². The SMILES string of the molecule is CC(C)(C)[Si](OCC(N)C(=O)NC(CO)C(N)=O)(c1ccccc1)c1ccccc1.Cl. The molecule has 0 bridgehead atoms. The van der Waals surface area contributed by atoms with E-state index in [1.54, 1.807) is 0 Å². The summed E-state index contributed by atoms with van der Waals surface area (Å²) < 4.78 is 6.60. The lowest BCUT2D eigenvalue weighted by Gasteiger charge is -2.43. The number of primary amides is 1. The summed E-state index contributed by atoms with van der Waals surface area (Å²) >= 11 is 0. The minimum absolute atomic E-state index is 0. The molecule has 2 rings (SSSR count). The van der Waals surface area contributed by atoms with Crippen LogP contribution in [-0.2, 0) is 14.0 Å². The average Bonchev–Trinajstić information content (AvgIpc) is 2.72. The van der Waals surface area contributed by atoms with Gasteiger partial charge in [-0.1, -0.05) is 81.4 Å². The Kier molecular flexibility index (Phi) is 9.86. The third-order valence-electron chi connectivity index (χ3n) is 5.08. The molecular weight excluding hydrogens is 434 g/mol. The highest BCUT2D eigenvalue weighted by atomic mass is 35.5. The molecule has 2 aromatic carbocycles. The standard InChI is InChI=1S/C22H31N3O4Si.ClH/c1-22(2,3)30(16-10-6-4-7-11-16,17-12-8-5-9-13-17)29-15-18(23)21(28)25-19(14-26)20(24)27;/h4-13,18-19,26H,14-15,23H2,1-3H3,(H2,24,27)(H,25,28);1H. The van der Waals surface area contributed by atoms with E-state index >= 15 is 0 Å². The van der Waals surface area contributed by atoms with Gasteiger partial charge in [0.1, 0.15) is 12.1 Å². The monoisotopic (exact) mass is 465 g/mol. The van der Waals surface area contributed by atoms with E-state index in [0.717, 1.165) is 10.4 Å². The van der Waals surface area contributed by atoms with Crippen molar-refractivity contribution >= 4 is 42.9 Å². The van der Waals surface area contributed by atoms with Crippen molar-refractivity contribution < 1.29 is 19.1 Å². The van der Waals surface area contributed by atoms with Crippen LogP contribution in [0.2, 0.25) is 5.04 Å². The number of aliphatic hydroxyl groups excluding tert-OH is 1. The third-order valence-corrected chi connectivity index (χ3v) is 10.1. The molecule has 2 aromatic rings. The van der Waals surface area contributed by atoms with E-state index in [9.17, 15) is 14.7 Å². The second-order valence-corrected chi connectivity index (χ2v) is 12.5. The van der Waals surface area contributed by atoms with Gasteiger partial charge in [0.05, 0.1) is 13.2 Å². The molecule has 31 heavy (non-hydrogen) atoms. The van der Waals surface area contributed by atoms with Gasteiger partial charge >= 0.3 is 0 Å². The number of nitrogens with two attached hydrogens (primary N) is 2. The first-order valence-electron chi connectivity index (χ1n) is 9.84. The highest BCUT2D eigenvalue weighted by molar-refractivity contribution is 6.99. The normalized spacial score (nSPS) is 13.6. The molecule has 0 aliphatic carbocycles. The Hall–Kier alpha value is -2.23. The van der Waals surface area contributed by atoms with Crippen molar-refractivity contribution in [1.29, 1.82) is 0 Å². The van der Waals surface area contributed by atoms with E-state index < -0.39 is 38.8 Å². The highest BCUT2D eigenvalue weighted by Crippen LogP contribution is 2.36. The molecular formula is C22H32ClN3O4Si. The van der Waals surface area contributed by atoms with E-state index in [1.165, 1.54) is 0 Å². The molecule has 0 spiro atoms. The summed E-state index contributed by atoms with van der Waals surface area (Å²) in [6, 6.07) is 17.8. The predicted octanol–water partition coefficient (Wildman–Crippen LogP) is 0.275. The van der Waals surface area contributed by atoms with Crippen molar-refractivity contribution in [2.24, 2.45) is 11.5 Å². The van der Waals surface area contributed by atoms with Crippen LogP contribution in [0.4, 0.5) is 0 Å². The zero-order valence-corrected chi connectivity index (χ0v) is 19.9. The molecule has 0 aromatic heterocycles. The lowest BCUT2D eigenvalue weighted by atomic mass is 10.2. The first-order valence-corrected chi connectivity index (χ1v) is 11.8. The van der Waals surface area contributed by atoms with Crippen LogP contribution in [0.25, 0.3) is 0 Å².